The Hall–Kier alpha value is -1.98. The van der Waals surface area contributed by atoms with Gasteiger partial charge < -0.3 is 20.1 Å². The second-order valence-corrected chi connectivity index (χ2v) is 5.35. The fourth-order valence-corrected chi connectivity index (χ4v) is 2.29. The molecule has 2 aromatic rings. The van der Waals surface area contributed by atoms with Crippen LogP contribution in [-0.4, -0.2) is 19.3 Å². The fraction of sp³-hybridized carbons (Fsp3) is 0.188. The molecule has 0 aliphatic heterocycles. The number of nitrogens with one attached hydrogen (secondary N) is 2. The van der Waals surface area contributed by atoms with E-state index >= 15 is 0 Å². The third-order valence-corrected chi connectivity index (χ3v) is 3.47. The van der Waals surface area contributed by atoms with Crippen molar-refractivity contribution in [2.75, 3.05) is 19.5 Å². The predicted octanol–water partition coefficient (Wildman–Crippen LogP) is 3.84. The number of hydrogen-bond acceptors (Lipinski definition) is 3. The Kier molecular flexibility index (Phi) is 5.86. The topological polar surface area (TPSA) is 42.5 Å². The van der Waals surface area contributed by atoms with E-state index in [-0.39, 0.29) is 0 Å². The molecule has 0 saturated heterocycles. The molecule has 0 aliphatic rings. The number of anilines is 1. The first kappa shape index (κ1) is 16.4. The molecule has 2 N–H and O–H groups in total. The lowest BCUT2D eigenvalue weighted by Crippen LogP contribution is -2.27. The predicted molar refractivity (Wildman–Crippen MR) is 94.1 cm³/mol. The zero-order valence-electron chi connectivity index (χ0n) is 12.4. The molecule has 6 heteroatoms. The molecule has 0 radical (unpaired) electrons. The maximum absolute atomic E-state index is 5.93. The Balaban J connectivity index is 1.93. The summed E-state index contributed by atoms with van der Waals surface area (Å²) in [4.78, 5) is 0. The van der Waals surface area contributed by atoms with Gasteiger partial charge in [0.1, 0.15) is 0 Å². The van der Waals surface area contributed by atoms with Crippen LogP contribution in [0, 0.1) is 0 Å². The Morgan fingerprint density at radius 2 is 1.86 bits per heavy atom. The van der Waals surface area contributed by atoms with Crippen LogP contribution < -0.4 is 20.1 Å². The minimum atomic E-state index is 0.525. The molecule has 0 atom stereocenters. The Morgan fingerprint density at radius 3 is 2.55 bits per heavy atom. The maximum Gasteiger partial charge on any atom is 0.171 e. The molecule has 0 spiro atoms. The summed E-state index contributed by atoms with van der Waals surface area (Å²) in [6.45, 7) is 0.576. The normalized spacial score (nSPS) is 9.95. The van der Waals surface area contributed by atoms with E-state index in [9.17, 15) is 0 Å². The van der Waals surface area contributed by atoms with Crippen molar-refractivity contribution in [3.8, 4) is 11.5 Å². The second-order valence-electron chi connectivity index (χ2n) is 4.51. The van der Waals surface area contributed by atoms with E-state index in [0.717, 1.165) is 11.3 Å². The molecule has 0 fully saturated rings. The molecule has 0 unspecified atom stereocenters. The first-order valence-corrected chi connectivity index (χ1v) is 7.42. The van der Waals surface area contributed by atoms with Crippen LogP contribution in [0.1, 0.15) is 5.56 Å². The van der Waals surface area contributed by atoms with E-state index < -0.39 is 0 Å². The van der Waals surface area contributed by atoms with Gasteiger partial charge in [-0.15, -0.1) is 0 Å². The van der Waals surface area contributed by atoms with Gasteiger partial charge in [0.05, 0.1) is 14.2 Å². The largest absolute Gasteiger partial charge is 0.493 e. The van der Waals surface area contributed by atoms with Crippen molar-refractivity contribution in [2.24, 2.45) is 0 Å². The molecule has 0 heterocycles. The van der Waals surface area contributed by atoms with Crippen molar-refractivity contribution in [2.45, 2.75) is 6.54 Å². The zero-order valence-corrected chi connectivity index (χ0v) is 13.9. The van der Waals surface area contributed by atoms with Gasteiger partial charge in [-0.2, -0.15) is 0 Å². The molecule has 2 rings (SSSR count). The standard InChI is InChI=1S/C16H17ClN2O2S/c1-20-14-7-6-11(8-15(14)21-2)10-18-16(22)19-13-5-3-4-12(17)9-13/h3-9H,10H2,1-2H3,(H2,18,19,22). The van der Waals surface area contributed by atoms with Crippen molar-refractivity contribution in [1.82, 2.24) is 5.32 Å². The average Bonchev–Trinajstić information content (AvgIpc) is 2.52. The summed E-state index contributed by atoms with van der Waals surface area (Å²) < 4.78 is 10.5. The summed E-state index contributed by atoms with van der Waals surface area (Å²) in [7, 11) is 3.22. The highest BCUT2D eigenvalue weighted by atomic mass is 35.5. The SMILES string of the molecule is COc1ccc(CNC(=S)Nc2cccc(Cl)c2)cc1OC. The molecule has 0 bridgehead atoms. The molecule has 0 saturated carbocycles. The summed E-state index contributed by atoms with van der Waals surface area (Å²) in [5.41, 5.74) is 1.88. The van der Waals surface area contributed by atoms with Crippen molar-refractivity contribution >= 4 is 34.6 Å². The smallest absolute Gasteiger partial charge is 0.171 e. The van der Waals surface area contributed by atoms with Gasteiger partial charge in [0.15, 0.2) is 16.6 Å². The van der Waals surface area contributed by atoms with Crippen LogP contribution in [0.25, 0.3) is 0 Å². The van der Waals surface area contributed by atoms with E-state index in [2.05, 4.69) is 10.6 Å². The number of benzene rings is 2. The van der Waals surface area contributed by atoms with Crippen LogP contribution in [0.5, 0.6) is 11.5 Å². The Bertz CT molecular complexity index is 664. The van der Waals surface area contributed by atoms with Gasteiger partial charge in [-0.05, 0) is 48.1 Å². The number of ether oxygens (including phenoxy) is 2. The minimum absolute atomic E-state index is 0.525. The molecular weight excluding hydrogens is 320 g/mol. The number of methoxy groups -OCH3 is 2. The van der Waals surface area contributed by atoms with E-state index in [4.69, 9.17) is 33.3 Å². The first-order chi connectivity index (χ1) is 10.6. The van der Waals surface area contributed by atoms with Gasteiger partial charge in [0.2, 0.25) is 0 Å². The quantitative estimate of drug-likeness (QED) is 0.812. The van der Waals surface area contributed by atoms with Crippen molar-refractivity contribution in [3.05, 3.63) is 53.1 Å². The molecule has 116 valence electrons. The molecular formula is C16H17ClN2O2S. The highest BCUT2D eigenvalue weighted by Crippen LogP contribution is 2.27. The van der Waals surface area contributed by atoms with Crippen molar-refractivity contribution < 1.29 is 9.47 Å². The minimum Gasteiger partial charge on any atom is -0.493 e. The number of rotatable bonds is 5. The highest BCUT2D eigenvalue weighted by molar-refractivity contribution is 7.80. The number of thiocarbonyl (C=S) groups is 1. The molecule has 4 nitrogen and oxygen atoms in total. The summed E-state index contributed by atoms with van der Waals surface area (Å²) in [5.74, 6) is 1.39. The van der Waals surface area contributed by atoms with E-state index in [1.54, 1.807) is 14.2 Å². The van der Waals surface area contributed by atoms with Crippen molar-refractivity contribution in [1.29, 1.82) is 0 Å². The average molecular weight is 337 g/mol. The van der Waals surface area contributed by atoms with Gasteiger partial charge in [0.25, 0.3) is 0 Å². The van der Waals surface area contributed by atoms with Gasteiger partial charge in [0, 0.05) is 17.3 Å². The van der Waals surface area contributed by atoms with Crippen LogP contribution in [-0.2, 0) is 6.54 Å². The first-order valence-electron chi connectivity index (χ1n) is 6.63. The van der Waals surface area contributed by atoms with Crippen LogP contribution in [0.4, 0.5) is 5.69 Å². The number of hydrogen-bond donors (Lipinski definition) is 2. The molecule has 0 aliphatic carbocycles. The van der Waals surface area contributed by atoms with Crippen LogP contribution in [0.2, 0.25) is 5.02 Å². The van der Waals surface area contributed by atoms with E-state index in [1.165, 1.54) is 0 Å². The van der Waals surface area contributed by atoms with Gasteiger partial charge in [-0.1, -0.05) is 23.7 Å². The lowest BCUT2D eigenvalue weighted by Gasteiger charge is -2.12. The van der Waals surface area contributed by atoms with Gasteiger partial charge in [-0.25, -0.2) is 0 Å². The zero-order chi connectivity index (χ0) is 15.9. The third kappa shape index (κ3) is 4.51. The Morgan fingerprint density at radius 1 is 1.09 bits per heavy atom. The maximum atomic E-state index is 5.93. The van der Waals surface area contributed by atoms with Crippen molar-refractivity contribution in [3.63, 3.8) is 0 Å². The number of halogens is 1. The van der Waals surface area contributed by atoms with Crippen LogP contribution >= 0.6 is 23.8 Å². The Labute approximate surface area is 140 Å². The summed E-state index contributed by atoms with van der Waals surface area (Å²) >= 11 is 11.2. The molecule has 0 amide bonds. The molecule has 22 heavy (non-hydrogen) atoms. The van der Waals surface area contributed by atoms with E-state index in [0.29, 0.717) is 28.2 Å². The van der Waals surface area contributed by atoms with Gasteiger partial charge >= 0.3 is 0 Å². The summed E-state index contributed by atoms with van der Waals surface area (Å²) in [5, 5.41) is 7.41. The second kappa shape index (κ2) is 7.87. The highest BCUT2D eigenvalue weighted by Gasteiger charge is 2.05. The van der Waals surface area contributed by atoms with Gasteiger partial charge in [-0.3, -0.25) is 0 Å². The summed E-state index contributed by atoms with van der Waals surface area (Å²) in [6.07, 6.45) is 0. The van der Waals surface area contributed by atoms with Crippen LogP contribution in [0.3, 0.4) is 0 Å². The lowest BCUT2D eigenvalue weighted by atomic mass is 10.2. The lowest BCUT2D eigenvalue weighted by molar-refractivity contribution is 0.354. The monoisotopic (exact) mass is 336 g/mol. The van der Waals surface area contributed by atoms with Crippen LogP contribution in [0.15, 0.2) is 42.5 Å². The fourth-order valence-electron chi connectivity index (χ4n) is 1.91. The molecule has 0 aromatic heterocycles. The summed E-state index contributed by atoms with van der Waals surface area (Å²) in [6, 6.07) is 13.1. The molecule has 2 aromatic carbocycles. The third-order valence-electron chi connectivity index (χ3n) is 2.98. The van der Waals surface area contributed by atoms with E-state index in [1.807, 2.05) is 42.5 Å².